The van der Waals surface area contributed by atoms with Crippen molar-refractivity contribution in [3.05, 3.63) is 53.6 Å². The van der Waals surface area contributed by atoms with Gasteiger partial charge in [0.05, 0.1) is 11.6 Å². The highest BCUT2D eigenvalue weighted by molar-refractivity contribution is 5.98. The van der Waals surface area contributed by atoms with Crippen LogP contribution < -0.4 is 19.5 Å². The number of fused-ring (bicyclic) bond motifs is 1. The molecule has 5 nitrogen and oxygen atoms in total. The van der Waals surface area contributed by atoms with E-state index in [1.807, 2.05) is 0 Å². The first-order chi connectivity index (χ1) is 11.8. The van der Waals surface area contributed by atoms with Gasteiger partial charge in [-0.1, -0.05) is 18.2 Å². The monoisotopic (exact) mass is 353 g/mol. The number of carbonyl (C=O) groups excluding carboxylic acids is 1. The van der Waals surface area contributed by atoms with Gasteiger partial charge in [-0.25, -0.2) is 0 Å². The van der Waals surface area contributed by atoms with Gasteiger partial charge in [0.1, 0.15) is 5.75 Å². The molecule has 0 fully saturated rings. The van der Waals surface area contributed by atoms with Crippen molar-refractivity contribution < 1.29 is 32.2 Å². The van der Waals surface area contributed by atoms with Crippen LogP contribution in [-0.4, -0.2) is 19.1 Å². The van der Waals surface area contributed by atoms with Crippen molar-refractivity contribution in [2.24, 2.45) is 0 Å². The molecule has 0 saturated heterocycles. The molecule has 1 unspecified atom stereocenters. The van der Waals surface area contributed by atoms with Gasteiger partial charge in [0.25, 0.3) is 5.91 Å². The molecule has 0 radical (unpaired) electrons. The van der Waals surface area contributed by atoms with Crippen molar-refractivity contribution in [3.8, 4) is 17.2 Å². The van der Waals surface area contributed by atoms with Gasteiger partial charge in [0.15, 0.2) is 11.5 Å². The number of para-hydroxylation sites is 1. The number of carbonyl (C=O) groups is 1. The number of hydrogen-bond acceptors (Lipinski definition) is 4. The minimum Gasteiger partial charge on any atom is -0.454 e. The predicted octanol–water partition coefficient (Wildman–Crippen LogP) is 3.80. The first-order valence-electron chi connectivity index (χ1n) is 7.39. The summed E-state index contributed by atoms with van der Waals surface area (Å²) < 4.78 is 50.8. The number of nitrogens with one attached hydrogen (secondary N) is 1. The summed E-state index contributed by atoms with van der Waals surface area (Å²) in [6, 6.07) is 9.87. The van der Waals surface area contributed by atoms with Gasteiger partial charge in [-0.05, 0) is 36.8 Å². The van der Waals surface area contributed by atoms with Crippen LogP contribution in [0.5, 0.6) is 17.2 Å². The molecule has 1 amide bonds. The molecular formula is C17H14F3NO4. The summed E-state index contributed by atoms with van der Waals surface area (Å²) in [5.41, 5.74) is 0.964. The van der Waals surface area contributed by atoms with E-state index in [9.17, 15) is 18.0 Å². The molecule has 0 aromatic heterocycles. The Hall–Kier alpha value is -2.90. The van der Waals surface area contributed by atoms with Crippen molar-refractivity contribution in [1.29, 1.82) is 0 Å². The smallest absolute Gasteiger partial charge is 0.454 e. The summed E-state index contributed by atoms with van der Waals surface area (Å²) in [7, 11) is 0. The molecule has 2 aromatic carbocycles. The zero-order valence-electron chi connectivity index (χ0n) is 13.1. The Labute approximate surface area is 141 Å². The number of hydrogen-bond donors (Lipinski definition) is 1. The maximum Gasteiger partial charge on any atom is 0.573 e. The maximum atomic E-state index is 12.4. The molecule has 8 heteroatoms. The van der Waals surface area contributed by atoms with Crippen molar-refractivity contribution >= 4 is 5.91 Å². The number of amides is 1. The number of benzene rings is 2. The summed E-state index contributed by atoms with van der Waals surface area (Å²) in [6.45, 7) is 1.77. The van der Waals surface area contributed by atoms with Crippen molar-refractivity contribution in [2.45, 2.75) is 19.3 Å². The van der Waals surface area contributed by atoms with Gasteiger partial charge in [-0.2, -0.15) is 0 Å². The largest absolute Gasteiger partial charge is 0.573 e. The highest BCUT2D eigenvalue weighted by Gasteiger charge is 2.31. The van der Waals surface area contributed by atoms with Crippen molar-refractivity contribution in [1.82, 2.24) is 5.32 Å². The Bertz CT molecular complexity index is 774. The van der Waals surface area contributed by atoms with E-state index < -0.39 is 12.4 Å². The second kappa shape index (κ2) is 6.54. The van der Waals surface area contributed by atoms with Crippen LogP contribution in [0.2, 0.25) is 0 Å². The van der Waals surface area contributed by atoms with Gasteiger partial charge < -0.3 is 19.5 Å². The number of ether oxygens (including phenoxy) is 3. The fraction of sp³-hybridized carbons (Fsp3) is 0.235. The molecule has 0 saturated carbocycles. The van der Waals surface area contributed by atoms with Crippen LogP contribution in [0.3, 0.4) is 0 Å². The number of rotatable bonds is 4. The van der Waals surface area contributed by atoms with Crippen LogP contribution in [-0.2, 0) is 0 Å². The van der Waals surface area contributed by atoms with Gasteiger partial charge in [0.2, 0.25) is 6.79 Å². The normalized spacial score (nSPS) is 14.1. The molecule has 2 aromatic rings. The summed E-state index contributed by atoms with van der Waals surface area (Å²) in [6.07, 6.45) is -4.74. The van der Waals surface area contributed by atoms with Gasteiger partial charge in [-0.15, -0.1) is 13.2 Å². The predicted molar refractivity (Wildman–Crippen MR) is 81.6 cm³/mol. The zero-order valence-corrected chi connectivity index (χ0v) is 13.1. The zero-order chi connectivity index (χ0) is 18.0. The van der Waals surface area contributed by atoms with Gasteiger partial charge in [-0.3, -0.25) is 4.79 Å². The molecule has 0 aliphatic carbocycles. The topological polar surface area (TPSA) is 56.8 Å². The highest BCUT2D eigenvalue weighted by atomic mass is 19.4. The summed E-state index contributed by atoms with van der Waals surface area (Å²) in [5, 5.41) is 2.77. The molecule has 1 N–H and O–H groups in total. The van der Waals surface area contributed by atoms with Crippen LogP contribution in [0.25, 0.3) is 0 Å². The molecule has 132 valence electrons. The van der Waals surface area contributed by atoms with Crippen LogP contribution in [0.1, 0.15) is 28.9 Å². The minimum absolute atomic E-state index is 0.0514. The van der Waals surface area contributed by atoms with Gasteiger partial charge in [0, 0.05) is 0 Å². The quantitative estimate of drug-likeness (QED) is 0.908. The Morgan fingerprint density at radius 1 is 1.16 bits per heavy atom. The third kappa shape index (κ3) is 3.96. The molecule has 3 rings (SSSR count). The van der Waals surface area contributed by atoms with Crippen LogP contribution in [0.15, 0.2) is 42.5 Å². The SMILES string of the molecule is CC(NC(=O)c1cccc2c1OCO2)c1ccc(OC(F)(F)F)cc1. The van der Waals surface area contributed by atoms with Crippen LogP contribution >= 0.6 is 0 Å². The van der Waals surface area contributed by atoms with E-state index in [4.69, 9.17) is 9.47 Å². The molecule has 1 atom stereocenters. The van der Waals surface area contributed by atoms with E-state index in [0.29, 0.717) is 22.6 Å². The van der Waals surface area contributed by atoms with Crippen molar-refractivity contribution in [3.63, 3.8) is 0 Å². The van der Waals surface area contributed by atoms with E-state index in [2.05, 4.69) is 10.1 Å². The summed E-state index contributed by atoms with van der Waals surface area (Å²) in [5.74, 6) is 0.182. The fourth-order valence-electron chi connectivity index (χ4n) is 2.42. The lowest BCUT2D eigenvalue weighted by molar-refractivity contribution is -0.274. The lowest BCUT2D eigenvalue weighted by atomic mass is 10.1. The molecular weight excluding hydrogens is 339 g/mol. The fourth-order valence-corrected chi connectivity index (χ4v) is 2.42. The van der Waals surface area contributed by atoms with E-state index >= 15 is 0 Å². The third-order valence-electron chi connectivity index (χ3n) is 3.60. The first-order valence-corrected chi connectivity index (χ1v) is 7.39. The first kappa shape index (κ1) is 16.9. The van der Waals surface area contributed by atoms with E-state index in [1.165, 1.54) is 24.3 Å². The Morgan fingerprint density at radius 3 is 2.56 bits per heavy atom. The second-order valence-electron chi connectivity index (χ2n) is 5.35. The lowest BCUT2D eigenvalue weighted by Crippen LogP contribution is -2.27. The Morgan fingerprint density at radius 2 is 1.88 bits per heavy atom. The average Bonchev–Trinajstić information content (AvgIpc) is 3.02. The van der Waals surface area contributed by atoms with E-state index in [-0.39, 0.29) is 18.4 Å². The summed E-state index contributed by atoms with van der Waals surface area (Å²) >= 11 is 0. The van der Waals surface area contributed by atoms with Crippen LogP contribution in [0.4, 0.5) is 13.2 Å². The standard InChI is InChI=1S/C17H14F3NO4/c1-10(11-5-7-12(8-6-11)25-17(18,19)20)21-16(22)13-3-2-4-14-15(13)24-9-23-14/h2-8,10H,9H2,1H3,(H,21,22). The molecule has 25 heavy (non-hydrogen) atoms. The highest BCUT2D eigenvalue weighted by Crippen LogP contribution is 2.35. The average molecular weight is 353 g/mol. The molecule has 1 aliphatic rings. The Balaban J connectivity index is 1.69. The summed E-state index contributed by atoms with van der Waals surface area (Å²) in [4.78, 5) is 12.4. The second-order valence-corrected chi connectivity index (χ2v) is 5.35. The molecule has 1 heterocycles. The third-order valence-corrected chi connectivity index (χ3v) is 3.60. The van der Waals surface area contributed by atoms with Crippen molar-refractivity contribution in [2.75, 3.05) is 6.79 Å². The van der Waals surface area contributed by atoms with Crippen LogP contribution in [0, 0.1) is 0 Å². The lowest BCUT2D eigenvalue weighted by Gasteiger charge is -2.16. The molecule has 1 aliphatic heterocycles. The number of alkyl halides is 3. The Kier molecular flexibility index (Phi) is 4.43. The van der Waals surface area contributed by atoms with E-state index in [0.717, 1.165) is 0 Å². The van der Waals surface area contributed by atoms with Gasteiger partial charge >= 0.3 is 6.36 Å². The minimum atomic E-state index is -4.74. The van der Waals surface area contributed by atoms with E-state index in [1.54, 1.807) is 25.1 Å². The molecule has 0 spiro atoms. The number of halogens is 3. The molecule has 0 bridgehead atoms. The maximum absolute atomic E-state index is 12.4.